The smallest absolute Gasteiger partial charge is 0.239 e. The summed E-state index contributed by atoms with van der Waals surface area (Å²) in [5, 5.41) is 7.25. The van der Waals surface area contributed by atoms with Crippen molar-refractivity contribution in [3.8, 4) is 11.5 Å². The minimum atomic E-state index is -0.247. The van der Waals surface area contributed by atoms with E-state index in [1.165, 1.54) is 0 Å². The van der Waals surface area contributed by atoms with Gasteiger partial charge in [-0.2, -0.15) is 5.10 Å². The van der Waals surface area contributed by atoms with Crippen molar-refractivity contribution in [2.24, 2.45) is 0 Å². The zero-order valence-electron chi connectivity index (χ0n) is 13.6. The van der Waals surface area contributed by atoms with E-state index in [-0.39, 0.29) is 11.8 Å². The molecule has 0 fully saturated rings. The fourth-order valence-corrected chi connectivity index (χ4v) is 2.42. The molecular formula is C16H20ClN3O3. The topological polar surface area (TPSA) is 65.4 Å². The van der Waals surface area contributed by atoms with E-state index in [0.29, 0.717) is 23.7 Å². The summed E-state index contributed by atoms with van der Waals surface area (Å²) in [5.74, 6) is 1.02. The van der Waals surface area contributed by atoms with Gasteiger partial charge in [0.15, 0.2) is 11.5 Å². The van der Waals surface area contributed by atoms with Crippen LogP contribution in [-0.4, -0.2) is 35.8 Å². The average molecular weight is 338 g/mol. The fourth-order valence-electron chi connectivity index (χ4n) is 2.36. The number of carbonyl (C=O) groups excluding carboxylic acids is 1. The van der Waals surface area contributed by atoms with Gasteiger partial charge in [-0.3, -0.25) is 9.48 Å². The lowest BCUT2D eigenvalue weighted by molar-refractivity contribution is -0.113. The molecule has 0 atom stereocenters. The molecule has 2 aromatic rings. The first-order valence-corrected chi connectivity index (χ1v) is 7.64. The Morgan fingerprint density at radius 1 is 1.26 bits per heavy atom. The number of aromatic nitrogens is 2. The molecule has 6 nitrogen and oxygen atoms in total. The number of benzene rings is 1. The number of rotatable bonds is 6. The lowest BCUT2D eigenvalue weighted by Gasteiger charge is -2.10. The highest BCUT2D eigenvalue weighted by Gasteiger charge is 2.14. The number of nitrogens with one attached hydrogen (secondary N) is 1. The monoisotopic (exact) mass is 337 g/mol. The van der Waals surface area contributed by atoms with Crippen LogP contribution in [0.3, 0.4) is 0 Å². The number of alkyl halides is 1. The van der Waals surface area contributed by atoms with E-state index < -0.39 is 0 Å². The van der Waals surface area contributed by atoms with Gasteiger partial charge in [0.05, 0.1) is 37.8 Å². The molecule has 0 aliphatic rings. The summed E-state index contributed by atoms with van der Waals surface area (Å²) in [6, 6.07) is 5.72. The summed E-state index contributed by atoms with van der Waals surface area (Å²) in [6.07, 6.45) is 0. The van der Waals surface area contributed by atoms with E-state index in [4.69, 9.17) is 21.1 Å². The van der Waals surface area contributed by atoms with Crippen LogP contribution in [0, 0.1) is 13.8 Å². The third-order valence-corrected chi connectivity index (χ3v) is 3.79. The van der Waals surface area contributed by atoms with Gasteiger partial charge in [-0.1, -0.05) is 6.07 Å². The Bertz CT molecular complexity index is 713. The molecular weight excluding hydrogens is 318 g/mol. The van der Waals surface area contributed by atoms with Gasteiger partial charge in [-0.25, -0.2) is 0 Å². The Kier molecular flexibility index (Phi) is 5.50. The van der Waals surface area contributed by atoms with Gasteiger partial charge in [0.25, 0.3) is 0 Å². The van der Waals surface area contributed by atoms with Crippen molar-refractivity contribution in [3.63, 3.8) is 0 Å². The van der Waals surface area contributed by atoms with Gasteiger partial charge in [0, 0.05) is 0 Å². The molecule has 1 amide bonds. The molecule has 0 aliphatic heterocycles. The summed E-state index contributed by atoms with van der Waals surface area (Å²) >= 11 is 5.54. The molecule has 2 rings (SSSR count). The highest BCUT2D eigenvalue weighted by molar-refractivity contribution is 6.29. The molecule has 7 heteroatoms. The van der Waals surface area contributed by atoms with Gasteiger partial charge in [-0.05, 0) is 31.5 Å². The van der Waals surface area contributed by atoms with Crippen molar-refractivity contribution in [2.75, 3.05) is 25.4 Å². The van der Waals surface area contributed by atoms with Crippen LogP contribution >= 0.6 is 11.6 Å². The van der Waals surface area contributed by atoms with Gasteiger partial charge >= 0.3 is 0 Å². The van der Waals surface area contributed by atoms with Crippen LogP contribution in [0.1, 0.15) is 17.0 Å². The number of halogens is 1. The maximum absolute atomic E-state index is 11.5. The first kappa shape index (κ1) is 17.1. The number of aryl methyl sites for hydroxylation is 1. The Morgan fingerprint density at radius 3 is 2.57 bits per heavy atom. The minimum Gasteiger partial charge on any atom is -0.493 e. The van der Waals surface area contributed by atoms with Crippen molar-refractivity contribution in [3.05, 3.63) is 35.2 Å². The van der Waals surface area contributed by atoms with Gasteiger partial charge in [0.2, 0.25) is 5.91 Å². The molecule has 1 aromatic heterocycles. The molecule has 1 aromatic carbocycles. The quantitative estimate of drug-likeness (QED) is 0.823. The molecule has 0 aliphatic carbocycles. The van der Waals surface area contributed by atoms with Crippen molar-refractivity contribution >= 4 is 23.2 Å². The third-order valence-electron chi connectivity index (χ3n) is 3.55. The summed E-state index contributed by atoms with van der Waals surface area (Å²) < 4.78 is 12.4. The molecule has 1 N–H and O–H groups in total. The first-order chi connectivity index (χ1) is 11.0. The average Bonchev–Trinajstić information content (AvgIpc) is 2.82. The number of hydrogen-bond donors (Lipinski definition) is 1. The normalized spacial score (nSPS) is 10.5. The van der Waals surface area contributed by atoms with Crippen molar-refractivity contribution in [1.82, 2.24) is 9.78 Å². The number of nitrogens with zero attached hydrogens (tertiary/aromatic N) is 2. The zero-order valence-corrected chi connectivity index (χ0v) is 14.4. The first-order valence-electron chi connectivity index (χ1n) is 7.10. The second kappa shape index (κ2) is 7.37. The summed E-state index contributed by atoms with van der Waals surface area (Å²) in [5.41, 5.74) is 3.34. The third kappa shape index (κ3) is 3.76. The number of carbonyl (C=O) groups is 1. The molecule has 0 saturated carbocycles. The van der Waals surface area contributed by atoms with Gasteiger partial charge in [0.1, 0.15) is 5.88 Å². The molecule has 0 saturated heterocycles. The molecule has 0 spiro atoms. The number of ether oxygens (including phenoxy) is 2. The lowest BCUT2D eigenvalue weighted by atomic mass is 10.2. The zero-order chi connectivity index (χ0) is 17.0. The summed E-state index contributed by atoms with van der Waals surface area (Å²) in [7, 11) is 3.20. The van der Waals surface area contributed by atoms with E-state index in [0.717, 1.165) is 17.0 Å². The van der Waals surface area contributed by atoms with Gasteiger partial charge < -0.3 is 14.8 Å². The predicted octanol–water partition coefficient (Wildman–Crippen LogP) is 2.74. The van der Waals surface area contributed by atoms with Crippen molar-refractivity contribution in [1.29, 1.82) is 0 Å². The van der Waals surface area contributed by atoms with Crippen LogP contribution in [0.15, 0.2) is 18.2 Å². The van der Waals surface area contributed by atoms with E-state index in [1.807, 2.05) is 36.7 Å². The SMILES string of the molecule is COc1ccc(Cn2nc(C)c(NC(=O)CCl)c2C)cc1OC. The Hall–Kier alpha value is -2.21. The largest absolute Gasteiger partial charge is 0.493 e. The van der Waals surface area contributed by atoms with E-state index in [2.05, 4.69) is 10.4 Å². The van der Waals surface area contributed by atoms with E-state index >= 15 is 0 Å². The highest BCUT2D eigenvalue weighted by atomic mass is 35.5. The van der Waals surface area contributed by atoms with Crippen LogP contribution in [0.25, 0.3) is 0 Å². The standard InChI is InChI=1S/C16H20ClN3O3/c1-10-16(18-15(21)8-17)11(2)20(19-10)9-12-5-6-13(22-3)14(7-12)23-4/h5-7H,8-9H2,1-4H3,(H,18,21). The van der Waals surface area contributed by atoms with Gasteiger partial charge in [-0.15, -0.1) is 11.6 Å². The summed E-state index contributed by atoms with van der Waals surface area (Å²) in [6.45, 7) is 4.32. The maximum Gasteiger partial charge on any atom is 0.239 e. The van der Waals surface area contributed by atoms with E-state index in [9.17, 15) is 4.79 Å². The lowest BCUT2D eigenvalue weighted by Crippen LogP contribution is -2.14. The molecule has 0 radical (unpaired) electrons. The van der Waals surface area contributed by atoms with Crippen molar-refractivity contribution in [2.45, 2.75) is 20.4 Å². The van der Waals surface area contributed by atoms with Crippen LogP contribution in [0.4, 0.5) is 5.69 Å². The highest BCUT2D eigenvalue weighted by Crippen LogP contribution is 2.28. The van der Waals surface area contributed by atoms with E-state index in [1.54, 1.807) is 14.2 Å². The minimum absolute atomic E-state index is 0.0836. The van der Waals surface area contributed by atoms with Crippen LogP contribution < -0.4 is 14.8 Å². The van der Waals surface area contributed by atoms with Crippen LogP contribution in [0.5, 0.6) is 11.5 Å². The molecule has 1 heterocycles. The number of methoxy groups -OCH3 is 2. The Morgan fingerprint density at radius 2 is 1.96 bits per heavy atom. The van der Waals surface area contributed by atoms with Crippen LogP contribution in [-0.2, 0) is 11.3 Å². The second-order valence-corrected chi connectivity index (χ2v) is 5.34. The van der Waals surface area contributed by atoms with Crippen LogP contribution in [0.2, 0.25) is 0 Å². The Balaban J connectivity index is 2.27. The number of anilines is 1. The summed E-state index contributed by atoms with van der Waals surface area (Å²) in [4.78, 5) is 11.5. The fraction of sp³-hybridized carbons (Fsp3) is 0.375. The Labute approximate surface area is 140 Å². The number of hydrogen-bond acceptors (Lipinski definition) is 4. The molecule has 0 unspecified atom stereocenters. The van der Waals surface area contributed by atoms with Crippen molar-refractivity contribution < 1.29 is 14.3 Å². The predicted molar refractivity (Wildman–Crippen MR) is 89.7 cm³/mol. The second-order valence-electron chi connectivity index (χ2n) is 5.07. The molecule has 0 bridgehead atoms. The maximum atomic E-state index is 11.5. The molecule has 23 heavy (non-hydrogen) atoms. The molecule has 124 valence electrons. The number of amides is 1.